The maximum Gasteiger partial charge on any atom is 0.329 e. The summed E-state index contributed by atoms with van der Waals surface area (Å²) in [5, 5.41) is 16.1. The van der Waals surface area contributed by atoms with Gasteiger partial charge in [0.25, 0.3) is 11.6 Å². The number of hydrogen-bond donors (Lipinski definition) is 2. The van der Waals surface area contributed by atoms with E-state index in [9.17, 15) is 24.5 Å². The molecule has 0 aliphatic carbocycles. The molecule has 1 fully saturated rings. The SMILES string of the molecule is C=CCc1cc(/C=C2/NC(=O)N(CC(=O)Nc3cccc(C)c3)C2=O)cc(OC)c1OCc1ccc([N+](=O)[O-])cc1. The fourth-order valence-corrected chi connectivity index (χ4v) is 4.21. The predicted octanol–water partition coefficient (Wildman–Crippen LogP) is 4.75. The van der Waals surface area contributed by atoms with Crippen LogP contribution in [0.3, 0.4) is 0 Å². The van der Waals surface area contributed by atoms with Crippen LogP contribution in [0.4, 0.5) is 16.2 Å². The van der Waals surface area contributed by atoms with Crippen molar-refractivity contribution in [3.05, 3.63) is 111 Å². The number of nitro benzene ring substituents is 1. The Kier molecular flexibility index (Phi) is 8.78. The summed E-state index contributed by atoms with van der Waals surface area (Å²) in [4.78, 5) is 49.3. The quantitative estimate of drug-likeness (QED) is 0.114. The van der Waals surface area contributed by atoms with E-state index in [-0.39, 0.29) is 18.0 Å². The van der Waals surface area contributed by atoms with E-state index in [1.165, 1.54) is 25.3 Å². The van der Waals surface area contributed by atoms with Gasteiger partial charge in [-0.25, -0.2) is 9.69 Å². The lowest BCUT2D eigenvalue weighted by Crippen LogP contribution is -2.38. The zero-order chi connectivity index (χ0) is 29.5. The van der Waals surface area contributed by atoms with E-state index in [2.05, 4.69) is 17.2 Å². The number of ether oxygens (including phenoxy) is 2. The average Bonchev–Trinajstić information content (AvgIpc) is 3.19. The number of anilines is 1. The van der Waals surface area contributed by atoms with E-state index < -0.39 is 29.3 Å². The first-order chi connectivity index (χ1) is 19.7. The Balaban J connectivity index is 1.51. The van der Waals surface area contributed by atoms with Gasteiger partial charge in [-0.05, 0) is 72.5 Å². The number of benzene rings is 3. The molecule has 4 rings (SSSR count). The van der Waals surface area contributed by atoms with Crippen molar-refractivity contribution in [2.45, 2.75) is 20.0 Å². The smallest absolute Gasteiger partial charge is 0.329 e. The van der Waals surface area contributed by atoms with Crippen LogP contribution < -0.4 is 20.1 Å². The Morgan fingerprint density at radius 3 is 2.56 bits per heavy atom. The van der Waals surface area contributed by atoms with Crippen LogP contribution in [0.15, 0.2) is 79.0 Å². The van der Waals surface area contributed by atoms with Crippen molar-refractivity contribution in [3.63, 3.8) is 0 Å². The molecule has 41 heavy (non-hydrogen) atoms. The van der Waals surface area contributed by atoms with Gasteiger partial charge in [0.15, 0.2) is 11.5 Å². The van der Waals surface area contributed by atoms with E-state index in [1.54, 1.807) is 48.5 Å². The van der Waals surface area contributed by atoms with Gasteiger partial charge < -0.3 is 20.1 Å². The molecule has 0 aromatic heterocycles. The third-order valence-electron chi connectivity index (χ3n) is 6.15. The summed E-state index contributed by atoms with van der Waals surface area (Å²) >= 11 is 0. The summed E-state index contributed by atoms with van der Waals surface area (Å²) in [6.07, 6.45) is 3.59. The maximum atomic E-state index is 13.0. The second kappa shape index (κ2) is 12.6. The van der Waals surface area contributed by atoms with Crippen molar-refractivity contribution in [2.75, 3.05) is 19.0 Å². The number of allylic oxidation sites excluding steroid dienone is 1. The molecule has 210 valence electrons. The largest absolute Gasteiger partial charge is 0.493 e. The molecule has 11 heteroatoms. The number of amides is 4. The van der Waals surface area contributed by atoms with Crippen molar-refractivity contribution in [1.82, 2.24) is 10.2 Å². The van der Waals surface area contributed by atoms with E-state index in [1.807, 2.05) is 13.0 Å². The minimum absolute atomic E-state index is 0.00418. The molecule has 1 saturated heterocycles. The molecule has 0 bridgehead atoms. The van der Waals surface area contributed by atoms with Gasteiger partial charge in [-0.1, -0.05) is 18.2 Å². The lowest BCUT2D eigenvalue weighted by atomic mass is 10.0. The van der Waals surface area contributed by atoms with E-state index in [4.69, 9.17) is 9.47 Å². The molecule has 3 aromatic carbocycles. The summed E-state index contributed by atoms with van der Waals surface area (Å²) in [5.74, 6) is -0.324. The van der Waals surface area contributed by atoms with Gasteiger partial charge in [0, 0.05) is 23.4 Å². The standard InChI is InChI=1S/C30H28N4O7/c1-4-6-22-14-21(16-26(40-3)28(22)41-18-20-9-11-24(12-10-20)34(38)39)15-25-29(36)33(30(37)32-25)17-27(35)31-23-8-5-7-19(2)13-23/h4-5,7-16H,1,6,17-18H2,2-3H3,(H,31,35)(H,32,37)/b25-15+. The van der Waals surface area contributed by atoms with Gasteiger partial charge in [-0.3, -0.25) is 19.7 Å². The Hall–Kier alpha value is -5.45. The van der Waals surface area contributed by atoms with Crippen LogP contribution in [0.1, 0.15) is 22.3 Å². The van der Waals surface area contributed by atoms with Crippen molar-refractivity contribution in [2.24, 2.45) is 0 Å². The number of aryl methyl sites for hydroxylation is 1. The summed E-state index contributed by atoms with van der Waals surface area (Å²) in [6.45, 7) is 5.36. The minimum Gasteiger partial charge on any atom is -0.493 e. The number of carbonyl (C=O) groups excluding carboxylic acids is 3. The highest BCUT2D eigenvalue weighted by molar-refractivity contribution is 6.16. The van der Waals surface area contributed by atoms with Crippen molar-refractivity contribution < 1.29 is 28.8 Å². The molecule has 2 N–H and O–H groups in total. The third-order valence-corrected chi connectivity index (χ3v) is 6.15. The molecule has 1 aliphatic rings. The normalized spacial score (nSPS) is 13.6. The number of hydrogen-bond acceptors (Lipinski definition) is 7. The monoisotopic (exact) mass is 556 g/mol. The van der Waals surface area contributed by atoms with Crippen molar-refractivity contribution in [3.8, 4) is 11.5 Å². The van der Waals surface area contributed by atoms with Crippen molar-refractivity contribution >= 4 is 35.3 Å². The van der Waals surface area contributed by atoms with Gasteiger partial charge in [0.05, 0.1) is 12.0 Å². The molecule has 11 nitrogen and oxygen atoms in total. The lowest BCUT2D eigenvalue weighted by Gasteiger charge is -2.16. The number of non-ortho nitro benzene ring substituents is 1. The van der Waals surface area contributed by atoms with Gasteiger partial charge in [0.1, 0.15) is 18.8 Å². The third kappa shape index (κ3) is 6.95. The Morgan fingerprint density at radius 1 is 1.15 bits per heavy atom. The topological polar surface area (TPSA) is 140 Å². The number of methoxy groups -OCH3 is 1. The molecule has 0 radical (unpaired) electrons. The number of nitro groups is 1. The molecule has 1 heterocycles. The average molecular weight is 557 g/mol. The minimum atomic E-state index is -0.707. The van der Waals surface area contributed by atoms with Crippen LogP contribution in [-0.4, -0.2) is 41.3 Å². The fraction of sp³-hybridized carbons (Fsp3) is 0.167. The molecular formula is C30H28N4O7. The molecule has 4 amide bonds. The number of nitrogens with one attached hydrogen (secondary N) is 2. The zero-order valence-electron chi connectivity index (χ0n) is 22.5. The fourth-order valence-electron chi connectivity index (χ4n) is 4.21. The first-order valence-electron chi connectivity index (χ1n) is 12.6. The highest BCUT2D eigenvalue weighted by Gasteiger charge is 2.35. The number of urea groups is 1. The van der Waals surface area contributed by atoms with Crippen LogP contribution in [0.2, 0.25) is 0 Å². The highest BCUT2D eigenvalue weighted by Crippen LogP contribution is 2.35. The van der Waals surface area contributed by atoms with Crippen LogP contribution >= 0.6 is 0 Å². The first-order valence-corrected chi connectivity index (χ1v) is 12.6. The van der Waals surface area contributed by atoms with Gasteiger partial charge in [0.2, 0.25) is 5.91 Å². The van der Waals surface area contributed by atoms with E-state index in [0.29, 0.717) is 34.7 Å². The van der Waals surface area contributed by atoms with Crippen LogP contribution in [-0.2, 0) is 22.6 Å². The summed E-state index contributed by atoms with van der Waals surface area (Å²) in [5.41, 5.74) is 3.49. The number of imide groups is 1. The van der Waals surface area contributed by atoms with Crippen molar-refractivity contribution in [1.29, 1.82) is 0 Å². The Labute approximate surface area is 236 Å². The molecule has 3 aromatic rings. The second-order valence-corrected chi connectivity index (χ2v) is 9.21. The Morgan fingerprint density at radius 2 is 1.90 bits per heavy atom. The highest BCUT2D eigenvalue weighted by atomic mass is 16.6. The second-order valence-electron chi connectivity index (χ2n) is 9.21. The first kappa shape index (κ1) is 28.6. The number of rotatable bonds is 11. The molecule has 0 saturated carbocycles. The van der Waals surface area contributed by atoms with Gasteiger partial charge in [-0.15, -0.1) is 6.58 Å². The zero-order valence-corrected chi connectivity index (χ0v) is 22.5. The summed E-state index contributed by atoms with van der Waals surface area (Å²) in [6, 6.07) is 15.9. The predicted molar refractivity (Wildman–Crippen MR) is 152 cm³/mol. The number of carbonyl (C=O) groups is 3. The molecule has 0 spiro atoms. The molecule has 0 unspecified atom stereocenters. The van der Waals surface area contributed by atoms with E-state index in [0.717, 1.165) is 16.0 Å². The number of nitrogens with zero attached hydrogens (tertiary/aromatic N) is 2. The molecular weight excluding hydrogens is 528 g/mol. The van der Waals surface area contributed by atoms with Crippen LogP contribution in [0.5, 0.6) is 11.5 Å². The maximum absolute atomic E-state index is 13.0. The summed E-state index contributed by atoms with van der Waals surface area (Å²) in [7, 11) is 1.47. The van der Waals surface area contributed by atoms with Gasteiger partial charge >= 0.3 is 6.03 Å². The summed E-state index contributed by atoms with van der Waals surface area (Å²) < 4.78 is 11.6. The van der Waals surface area contributed by atoms with E-state index >= 15 is 0 Å². The molecule has 0 atom stereocenters. The lowest BCUT2D eigenvalue weighted by molar-refractivity contribution is -0.384. The Bertz CT molecular complexity index is 1550. The van der Waals surface area contributed by atoms with Crippen LogP contribution in [0, 0.1) is 17.0 Å². The van der Waals surface area contributed by atoms with Crippen LogP contribution in [0.25, 0.3) is 6.08 Å². The molecule has 1 aliphatic heterocycles. The van der Waals surface area contributed by atoms with Gasteiger partial charge in [-0.2, -0.15) is 0 Å².